The van der Waals surface area contributed by atoms with Crippen molar-refractivity contribution in [2.24, 2.45) is 5.92 Å². The average molecular weight is 394 g/mol. The van der Waals surface area contributed by atoms with Crippen LogP contribution in [0.5, 0.6) is 0 Å². The molecule has 3 heterocycles. The van der Waals surface area contributed by atoms with E-state index in [2.05, 4.69) is 44.1 Å². The van der Waals surface area contributed by atoms with Gasteiger partial charge in [-0.25, -0.2) is 4.98 Å². The van der Waals surface area contributed by atoms with Crippen molar-refractivity contribution in [3.63, 3.8) is 0 Å². The summed E-state index contributed by atoms with van der Waals surface area (Å²) in [5, 5.41) is 0. The maximum atomic E-state index is 13.1. The molecule has 1 fully saturated rings. The summed E-state index contributed by atoms with van der Waals surface area (Å²) in [5.74, 6) is 0.357. The van der Waals surface area contributed by atoms with Crippen LogP contribution < -0.4 is 4.90 Å². The fourth-order valence-electron chi connectivity index (χ4n) is 3.67. The predicted molar refractivity (Wildman–Crippen MR) is 111 cm³/mol. The van der Waals surface area contributed by atoms with E-state index in [0.717, 1.165) is 35.8 Å². The first-order chi connectivity index (χ1) is 13.7. The largest absolute Gasteiger partial charge is 0.369 e. The minimum absolute atomic E-state index is 0.0825. The number of rotatable bonds is 4. The SMILES string of the molecule is Cc1ncsc1C(=O)N1CCN(c2ccccc2)CC(Cc2cnccn2)C1. The molecule has 1 amide bonds. The van der Waals surface area contributed by atoms with Gasteiger partial charge in [0.2, 0.25) is 0 Å². The second-order valence-corrected chi connectivity index (χ2v) is 7.92. The number of thiazole rings is 1. The first-order valence-corrected chi connectivity index (χ1v) is 10.3. The van der Waals surface area contributed by atoms with Gasteiger partial charge in [0.15, 0.2) is 0 Å². The highest BCUT2D eigenvalue weighted by Crippen LogP contribution is 2.23. The lowest BCUT2D eigenvalue weighted by Crippen LogP contribution is -2.36. The van der Waals surface area contributed by atoms with Crippen molar-refractivity contribution >= 4 is 22.9 Å². The van der Waals surface area contributed by atoms with E-state index in [-0.39, 0.29) is 11.8 Å². The number of hydrogen-bond acceptors (Lipinski definition) is 6. The molecule has 1 atom stereocenters. The quantitative estimate of drug-likeness (QED) is 0.682. The smallest absolute Gasteiger partial charge is 0.265 e. The van der Waals surface area contributed by atoms with Gasteiger partial charge in [-0.15, -0.1) is 11.3 Å². The lowest BCUT2D eigenvalue weighted by Gasteiger charge is -2.25. The van der Waals surface area contributed by atoms with E-state index < -0.39 is 0 Å². The van der Waals surface area contributed by atoms with Gasteiger partial charge in [0.05, 0.1) is 16.9 Å². The second-order valence-electron chi connectivity index (χ2n) is 7.07. The molecule has 1 unspecified atom stereocenters. The van der Waals surface area contributed by atoms with Crippen molar-refractivity contribution < 1.29 is 4.79 Å². The standard InChI is InChI=1S/C21H23N5OS/c1-16-20(28-15-24-16)21(27)26-10-9-25(19-5-3-2-4-6-19)13-17(14-26)11-18-12-22-7-8-23-18/h2-8,12,15,17H,9-11,13-14H2,1H3. The van der Waals surface area contributed by atoms with E-state index >= 15 is 0 Å². The van der Waals surface area contributed by atoms with Crippen LogP contribution in [0.1, 0.15) is 21.1 Å². The Labute approximate surface area is 168 Å². The summed E-state index contributed by atoms with van der Waals surface area (Å²) in [5.41, 5.74) is 4.71. The van der Waals surface area contributed by atoms with Crippen molar-refractivity contribution in [2.75, 3.05) is 31.1 Å². The lowest BCUT2D eigenvalue weighted by atomic mass is 10.0. The number of amides is 1. The molecule has 0 N–H and O–H groups in total. The summed E-state index contributed by atoms with van der Waals surface area (Å²) in [4.78, 5) is 31.1. The molecular formula is C21H23N5OS. The van der Waals surface area contributed by atoms with Crippen molar-refractivity contribution in [3.8, 4) is 0 Å². The molecule has 6 nitrogen and oxygen atoms in total. The normalized spacial score (nSPS) is 17.4. The van der Waals surface area contributed by atoms with Crippen molar-refractivity contribution in [1.29, 1.82) is 0 Å². The number of benzene rings is 1. The molecule has 0 radical (unpaired) electrons. The Morgan fingerprint density at radius 2 is 2.00 bits per heavy atom. The van der Waals surface area contributed by atoms with Crippen LogP contribution in [0.25, 0.3) is 0 Å². The van der Waals surface area contributed by atoms with Crippen LogP contribution in [0, 0.1) is 12.8 Å². The molecule has 4 rings (SSSR count). The zero-order chi connectivity index (χ0) is 19.3. The second kappa shape index (κ2) is 8.48. The maximum absolute atomic E-state index is 13.1. The molecule has 144 valence electrons. The average Bonchev–Trinajstić information content (AvgIpc) is 3.04. The molecule has 0 saturated carbocycles. The molecule has 3 aromatic rings. The van der Waals surface area contributed by atoms with Gasteiger partial charge in [0.1, 0.15) is 4.88 Å². The van der Waals surface area contributed by atoms with Crippen LogP contribution in [0.4, 0.5) is 5.69 Å². The summed E-state index contributed by atoms with van der Waals surface area (Å²) >= 11 is 1.42. The zero-order valence-corrected chi connectivity index (χ0v) is 16.7. The third-order valence-electron chi connectivity index (χ3n) is 5.06. The molecule has 1 aliphatic rings. The minimum Gasteiger partial charge on any atom is -0.369 e. The molecule has 0 bridgehead atoms. The molecule has 7 heteroatoms. The Morgan fingerprint density at radius 3 is 2.71 bits per heavy atom. The Bertz CT molecular complexity index is 915. The molecule has 28 heavy (non-hydrogen) atoms. The molecule has 0 spiro atoms. The minimum atomic E-state index is 0.0825. The highest BCUT2D eigenvalue weighted by molar-refractivity contribution is 7.11. The van der Waals surface area contributed by atoms with Crippen molar-refractivity contribution in [2.45, 2.75) is 13.3 Å². The highest BCUT2D eigenvalue weighted by atomic mass is 32.1. The van der Waals surface area contributed by atoms with E-state index in [1.807, 2.05) is 24.1 Å². The number of carbonyl (C=O) groups is 1. The first kappa shape index (κ1) is 18.6. The van der Waals surface area contributed by atoms with Gasteiger partial charge in [0, 0.05) is 50.5 Å². The van der Waals surface area contributed by atoms with E-state index in [4.69, 9.17) is 0 Å². The van der Waals surface area contributed by atoms with Gasteiger partial charge in [0.25, 0.3) is 5.91 Å². The molecular weight excluding hydrogens is 370 g/mol. The van der Waals surface area contributed by atoms with Crippen LogP contribution >= 0.6 is 11.3 Å². The summed E-state index contributed by atoms with van der Waals surface area (Å²) in [6, 6.07) is 10.4. The topological polar surface area (TPSA) is 62.2 Å². The monoisotopic (exact) mass is 393 g/mol. The Kier molecular flexibility index (Phi) is 5.62. The van der Waals surface area contributed by atoms with Crippen LogP contribution in [-0.2, 0) is 6.42 Å². The number of hydrogen-bond donors (Lipinski definition) is 0. The van der Waals surface area contributed by atoms with Gasteiger partial charge >= 0.3 is 0 Å². The van der Waals surface area contributed by atoms with Gasteiger partial charge in [-0.3, -0.25) is 14.8 Å². The fraction of sp³-hybridized carbons (Fsp3) is 0.333. The van der Waals surface area contributed by atoms with Gasteiger partial charge in [-0.2, -0.15) is 0 Å². The van der Waals surface area contributed by atoms with Crippen molar-refractivity contribution in [1.82, 2.24) is 19.9 Å². The third-order valence-corrected chi connectivity index (χ3v) is 5.98. The molecule has 1 saturated heterocycles. The number of carbonyl (C=O) groups excluding carboxylic acids is 1. The lowest BCUT2D eigenvalue weighted by molar-refractivity contribution is 0.0751. The van der Waals surface area contributed by atoms with E-state index in [1.165, 1.54) is 17.0 Å². The van der Waals surface area contributed by atoms with E-state index in [0.29, 0.717) is 13.1 Å². The van der Waals surface area contributed by atoms with Gasteiger partial charge in [-0.1, -0.05) is 18.2 Å². The molecule has 0 aliphatic carbocycles. The number of nitrogens with zero attached hydrogens (tertiary/aromatic N) is 5. The number of aromatic nitrogens is 3. The summed E-state index contributed by atoms with van der Waals surface area (Å²) < 4.78 is 0. The Hall–Kier alpha value is -2.80. The summed E-state index contributed by atoms with van der Waals surface area (Å²) in [6.07, 6.45) is 6.03. The molecule has 2 aromatic heterocycles. The summed E-state index contributed by atoms with van der Waals surface area (Å²) in [6.45, 7) is 4.99. The number of aryl methyl sites for hydroxylation is 1. The van der Waals surface area contributed by atoms with Gasteiger partial charge < -0.3 is 9.80 Å². The van der Waals surface area contributed by atoms with Crippen LogP contribution in [0.15, 0.2) is 54.4 Å². The third kappa shape index (κ3) is 4.20. The predicted octanol–water partition coefficient (Wildman–Crippen LogP) is 3.06. The fourth-order valence-corrected chi connectivity index (χ4v) is 4.44. The summed E-state index contributed by atoms with van der Waals surface area (Å²) in [7, 11) is 0. The van der Waals surface area contributed by atoms with Gasteiger partial charge in [-0.05, 0) is 31.4 Å². The van der Waals surface area contributed by atoms with E-state index in [1.54, 1.807) is 17.9 Å². The maximum Gasteiger partial charge on any atom is 0.265 e. The number of para-hydroxylation sites is 1. The first-order valence-electron chi connectivity index (χ1n) is 9.45. The molecule has 1 aromatic carbocycles. The van der Waals surface area contributed by atoms with Crippen LogP contribution in [-0.4, -0.2) is 51.9 Å². The Balaban J connectivity index is 1.58. The molecule has 1 aliphatic heterocycles. The number of anilines is 1. The highest BCUT2D eigenvalue weighted by Gasteiger charge is 2.28. The van der Waals surface area contributed by atoms with Crippen LogP contribution in [0.3, 0.4) is 0 Å². The zero-order valence-electron chi connectivity index (χ0n) is 15.9. The Morgan fingerprint density at radius 1 is 1.14 bits per heavy atom. The van der Waals surface area contributed by atoms with Crippen LogP contribution in [0.2, 0.25) is 0 Å². The van der Waals surface area contributed by atoms with E-state index in [9.17, 15) is 4.79 Å². The van der Waals surface area contributed by atoms with Crippen molar-refractivity contribution in [3.05, 3.63) is 70.7 Å².